The van der Waals surface area contributed by atoms with Crippen LogP contribution in [0, 0.1) is 11.3 Å². The molecule has 0 aromatic heterocycles. The van der Waals surface area contributed by atoms with Crippen LogP contribution in [0.15, 0.2) is 0 Å². The lowest BCUT2D eigenvalue weighted by Crippen LogP contribution is -2.42. The fourth-order valence-electron chi connectivity index (χ4n) is 2.83. The van der Waals surface area contributed by atoms with E-state index in [-0.39, 0.29) is 0 Å². The molecule has 17 heavy (non-hydrogen) atoms. The topological polar surface area (TPSA) is 3.24 Å². The van der Waals surface area contributed by atoms with E-state index >= 15 is 0 Å². The van der Waals surface area contributed by atoms with Crippen LogP contribution >= 0.6 is 12.6 Å². The third-order valence-corrected chi connectivity index (χ3v) is 4.81. The van der Waals surface area contributed by atoms with Crippen molar-refractivity contribution in [2.45, 2.75) is 65.8 Å². The predicted molar refractivity (Wildman–Crippen MR) is 80.9 cm³/mol. The number of thiol groups is 1. The lowest BCUT2D eigenvalue weighted by atomic mass is 9.81. The van der Waals surface area contributed by atoms with Crippen molar-refractivity contribution < 1.29 is 0 Å². The van der Waals surface area contributed by atoms with Crippen molar-refractivity contribution in [3.63, 3.8) is 0 Å². The summed E-state index contributed by atoms with van der Waals surface area (Å²) < 4.78 is 0. The first-order valence-electron chi connectivity index (χ1n) is 7.34. The molecule has 0 aliphatic carbocycles. The van der Waals surface area contributed by atoms with E-state index in [0.29, 0.717) is 11.3 Å². The van der Waals surface area contributed by atoms with Crippen molar-refractivity contribution in [3.05, 3.63) is 0 Å². The normalized spacial score (nSPS) is 25.6. The zero-order valence-corrected chi connectivity index (χ0v) is 13.1. The van der Waals surface area contributed by atoms with Gasteiger partial charge in [-0.05, 0) is 42.9 Å². The van der Waals surface area contributed by atoms with Crippen LogP contribution in [0.25, 0.3) is 0 Å². The van der Waals surface area contributed by atoms with E-state index in [4.69, 9.17) is 0 Å². The summed E-state index contributed by atoms with van der Waals surface area (Å²) in [6.07, 6.45) is 6.95. The van der Waals surface area contributed by atoms with E-state index in [1.165, 1.54) is 45.2 Å². The van der Waals surface area contributed by atoms with Gasteiger partial charge < -0.3 is 4.90 Å². The minimum Gasteiger partial charge on any atom is -0.300 e. The second kappa shape index (κ2) is 7.04. The monoisotopic (exact) mass is 257 g/mol. The van der Waals surface area contributed by atoms with Gasteiger partial charge in [0.05, 0.1) is 0 Å². The van der Waals surface area contributed by atoms with Crippen molar-refractivity contribution in [2.24, 2.45) is 11.3 Å². The Bertz CT molecular complexity index is 209. The Labute approximate surface area is 114 Å². The maximum Gasteiger partial charge on any atom is 0.00927 e. The Morgan fingerprint density at radius 3 is 2.47 bits per heavy atom. The summed E-state index contributed by atoms with van der Waals surface area (Å²) in [5.41, 5.74) is 0.381. The molecule has 1 aliphatic rings. The molecule has 0 N–H and O–H groups in total. The summed E-state index contributed by atoms with van der Waals surface area (Å²) in [7, 11) is 0. The lowest BCUT2D eigenvalue weighted by Gasteiger charge is -2.37. The highest BCUT2D eigenvalue weighted by molar-refractivity contribution is 7.80. The van der Waals surface area contributed by atoms with Crippen LogP contribution < -0.4 is 0 Å². The standard InChI is InChI=1S/C15H31NS/c1-5-14-9-7-6-8-10-16(14)11-13(12-17)15(2,3)4/h13-14,17H,5-12H2,1-4H3. The number of rotatable bonds is 4. The first-order valence-corrected chi connectivity index (χ1v) is 7.97. The van der Waals surface area contributed by atoms with E-state index in [2.05, 4.69) is 45.2 Å². The molecule has 2 atom stereocenters. The van der Waals surface area contributed by atoms with E-state index in [1.807, 2.05) is 0 Å². The van der Waals surface area contributed by atoms with E-state index < -0.39 is 0 Å². The molecule has 2 heteroatoms. The Balaban J connectivity index is 2.61. The number of hydrogen-bond donors (Lipinski definition) is 1. The maximum absolute atomic E-state index is 4.57. The van der Waals surface area contributed by atoms with Gasteiger partial charge in [-0.1, -0.05) is 40.5 Å². The smallest absolute Gasteiger partial charge is 0.00927 e. The third kappa shape index (κ3) is 4.82. The van der Waals surface area contributed by atoms with Crippen LogP contribution in [0.2, 0.25) is 0 Å². The van der Waals surface area contributed by atoms with Gasteiger partial charge in [0.15, 0.2) is 0 Å². The zero-order chi connectivity index (χ0) is 12.9. The van der Waals surface area contributed by atoms with Crippen molar-refractivity contribution >= 4 is 12.6 Å². The maximum atomic E-state index is 4.57. The molecule has 1 heterocycles. The van der Waals surface area contributed by atoms with Crippen molar-refractivity contribution in [1.29, 1.82) is 0 Å². The Morgan fingerprint density at radius 1 is 1.24 bits per heavy atom. The quantitative estimate of drug-likeness (QED) is 0.738. The average Bonchev–Trinajstić information content (AvgIpc) is 2.48. The minimum absolute atomic E-state index is 0.381. The van der Waals surface area contributed by atoms with Gasteiger partial charge in [-0.25, -0.2) is 0 Å². The van der Waals surface area contributed by atoms with Crippen molar-refractivity contribution in [1.82, 2.24) is 4.90 Å². The molecular formula is C15H31NS. The van der Waals surface area contributed by atoms with Crippen LogP contribution in [0.4, 0.5) is 0 Å². The van der Waals surface area contributed by atoms with Gasteiger partial charge >= 0.3 is 0 Å². The van der Waals surface area contributed by atoms with Crippen LogP contribution in [0.1, 0.15) is 59.8 Å². The molecule has 0 spiro atoms. The summed E-state index contributed by atoms with van der Waals surface area (Å²) in [5.74, 6) is 1.72. The highest BCUT2D eigenvalue weighted by Gasteiger charge is 2.28. The van der Waals surface area contributed by atoms with Gasteiger partial charge in [0.25, 0.3) is 0 Å². The average molecular weight is 257 g/mol. The van der Waals surface area contributed by atoms with Crippen LogP contribution in [0.3, 0.4) is 0 Å². The molecule has 0 radical (unpaired) electrons. The van der Waals surface area contributed by atoms with Crippen molar-refractivity contribution in [3.8, 4) is 0 Å². The fraction of sp³-hybridized carbons (Fsp3) is 1.00. The summed E-state index contributed by atoms with van der Waals surface area (Å²) in [6.45, 7) is 12.0. The molecule has 102 valence electrons. The fourth-order valence-corrected chi connectivity index (χ4v) is 3.49. The predicted octanol–water partition coefficient (Wildman–Crippen LogP) is 4.23. The number of hydrogen-bond acceptors (Lipinski definition) is 2. The first-order chi connectivity index (χ1) is 7.99. The van der Waals surface area contributed by atoms with Gasteiger partial charge in [0, 0.05) is 12.6 Å². The number of likely N-dealkylation sites (tertiary alicyclic amines) is 1. The molecule has 0 bridgehead atoms. The molecule has 0 saturated carbocycles. The molecule has 1 nitrogen and oxygen atoms in total. The molecule has 2 unspecified atom stereocenters. The van der Waals surface area contributed by atoms with Crippen molar-refractivity contribution in [2.75, 3.05) is 18.8 Å². The molecular weight excluding hydrogens is 226 g/mol. The van der Waals surface area contributed by atoms with Gasteiger partial charge in [-0.2, -0.15) is 12.6 Å². The van der Waals surface area contributed by atoms with Gasteiger partial charge in [0.1, 0.15) is 0 Å². The Morgan fingerprint density at radius 2 is 1.94 bits per heavy atom. The molecule has 0 amide bonds. The highest BCUT2D eigenvalue weighted by Crippen LogP contribution is 2.30. The lowest BCUT2D eigenvalue weighted by molar-refractivity contribution is 0.124. The highest BCUT2D eigenvalue weighted by atomic mass is 32.1. The summed E-state index contributed by atoms with van der Waals surface area (Å²) in [5, 5.41) is 0. The van der Waals surface area contributed by atoms with E-state index in [9.17, 15) is 0 Å². The van der Waals surface area contributed by atoms with Crippen LogP contribution in [-0.2, 0) is 0 Å². The second-order valence-corrected chi connectivity index (χ2v) is 7.02. The van der Waals surface area contributed by atoms with E-state index in [1.54, 1.807) is 0 Å². The molecule has 1 aliphatic heterocycles. The first kappa shape index (κ1) is 15.4. The second-order valence-electron chi connectivity index (χ2n) is 6.65. The van der Waals surface area contributed by atoms with Crippen LogP contribution in [0.5, 0.6) is 0 Å². The summed E-state index contributed by atoms with van der Waals surface area (Å²) in [6, 6.07) is 0.822. The summed E-state index contributed by atoms with van der Waals surface area (Å²) >= 11 is 4.57. The Hall–Kier alpha value is 0.310. The number of nitrogens with zero attached hydrogens (tertiary/aromatic N) is 1. The van der Waals surface area contributed by atoms with Gasteiger partial charge in [-0.3, -0.25) is 0 Å². The van der Waals surface area contributed by atoms with Crippen LogP contribution in [-0.4, -0.2) is 29.8 Å². The van der Waals surface area contributed by atoms with E-state index in [0.717, 1.165) is 11.8 Å². The Kier molecular flexibility index (Phi) is 6.36. The summed E-state index contributed by atoms with van der Waals surface area (Å²) in [4.78, 5) is 2.75. The molecule has 1 fully saturated rings. The van der Waals surface area contributed by atoms with Gasteiger partial charge in [-0.15, -0.1) is 0 Å². The zero-order valence-electron chi connectivity index (χ0n) is 12.2. The molecule has 0 aromatic carbocycles. The SMILES string of the molecule is CCC1CCCCCN1CC(CS)C(C)(C)C. The molecule has 1 rings (SSSR count). The largest absolute Gasteiger partial charge is 0.300 e. The third-order valence-electron chi connectivity index (χ3n) is 4.37. The van der Waals surface area contributed by atoms with Gasteiger partial charge in [0.2, 0.25) is 0 Å². The molecule has 1 saturated heterocycles. The minimum atomic E-state index is 0.381. The molecule has 0 aromatic rings.